The van der Waals surface area contributed by atoms with Gasteiger partial charge in [-0.05, 0) is 31.5 Å². The first-order valence-electron chi connectivity index (χ1n) is 8.45. The minimum atomic E-state index is -2.74. The monoisotopic (exact) mass is 395 g/mol. The molecule has 1 saturated heterocycles. The molecule has 1 fully saturated rings. The van der Waals surface area contributed by atoms with Crippen LogP contribution in [0.2, 0.25) is 0 Å². The highest BCUT2D eigenvalue weighted by Gasteiger charge is 2.42. The fraction of sp³-hybridized carbons (Fsp3) is 0.389. The van der Waals surface area contributed by atoms with E-state index in [1.54, 1.807) is 0 Å². The molecule has 0 radical (unpaired) electrons. The van der Waals surface area contributed by atoms with Gasteiger partial charge >= 0.3 is 0 Å². The molecule has 1 aromatic carbocycles. The van der Waals surface area contributed by atoms with Crippen LogP contribution < -0.4 is 5.32 Å². The molecule has 6 nitrogen and oxygen atoms in total. The van der Waals surface area contributed by atoms with Gasteiger partial charge in [-0.25, -0.2) is 8.78 Å². The maximum absolute atomic E-state index is 13.3. The molecular weight excluding hydrogens is 376 g/mol. The molecule has 4 rings (SSSR count). The Hall–Kier alpha value is -2.32. The van der Waals surface area contributed by atoms with Gasteiger partial charge in [0.05, 0.1) is 24.8 Å². The van der Waals surface area contributed by atoms with Crippen molar-refractivity contribution in [2.24, 2.45) is 0 Å². The van der Waals surface area contributed by atoms with Crippen molar-refractivity contribution in [3.05, 3.63) is 53.2 Å². The Morgan fingerprint density at radius 2 is 2.11 bits per heavy atom. The van der Waals surface area contributed by atoms with Crippen molar-refractivity contribution >= 4 is 12.4 Å². The molecule has 0 amide bonds. The van der Waals surface area contributed by atoms with E-state index in [0.717, 1.165) is 22.5 Å². The second-order valence-corrected chi connectivity index (χ2v) is 6.73. The summed E-state index contributed by atoms with van der Waals surface area (Å²) in [6.45, 7) is 4.24. The van der Waals surface area contributed by atoms with Crippen molar-refractivity contribution in [1.82, 2.24) is 25.2 Å². The van der Waals surface area contributed by atoms with Crippen LogP contribution in [0.25, 0.3) is 11.4 Å². The number of hydrogen-bond acceptors (Lipinski definition) is 5. The summed E-state index contributed by atoms with van der Waals surface area (Å²) in [5, 5.41) is 11.1. The van der Waals surface area contributed by atoms with Crippen molar-refractivity contribution in [3.63, 3.8) is 0 Å². The number of alkyl halides is 2. The third-order valence-corrected chi connectivity index (χ3v) is 4.47. The van der Waals surface area contributed by atoms with Crippen LogP contribution in [0.4, 0.5) is 8.78 Å². The zero-order valence-corrected chi connectivity index (χ0v) is 15.8. The summed E-state index contributed by atoms with van der Waals surface area (Å²) >= 11 is 0. The fourth-order valence-electron chi connectivity index (χ4n) is 3.20. The Kier molecular flexibility index (Phi) is 5.30. The van der Waals surface area contributed by atoms with Gasteiger partial charge < -0.3 is 4.52 Å². The number of halogens is 3. The van der Waals surface area contributed by atoms with Gasteiger partial charge in [-0.3, -0.25) is 10.00 Å². The van der Waals surface area contributed by atoms with Crippen molar-refractivity contribution in [1.29, 1.82) is 0 Å². The minimum absolute atomic E-state index is 0. The van der Waals surface area contributed by atoms with Gasteiger partial charge in [0, 0.05) is 17.7 Å². The lowest BCUT2D eigenvalue weighted by Gasteiger charge is -2.06. The van der Waals surface area contributed by atoms with Crippen LogP contribution in [0.3, 0.4) is 0 Å². The van der Waals surface area contributed by atoms with E-state index in [1.807, 2.05) is 48.9 Å². The SMILES string of the molecule is Cc1cc(C)n(Cc2cccc(-c3noc(C4CC(F)(F)CN4)n3)c2)n1.Cl. The second-order valence-electron chi connectivity index (χ2n) is 6.73. The van der Waals surface area contributed by atoms with E-state index in [0.29, 0.717) is 12.4 Å². The summed E-state index contributed by atoms with van der Waals surface area (Å²) in [7, 11) is 0. The normalized spacial score (nSPS) is 18.4. The van der Waals surface area contributed by atoms with Gasteiger partial charge in [0.25, 0.3) is 5.92 Å². The molecule has 0 aliphatic carbocycles. The lowest BCUT2D eigenvalue weighted by Crippen LogP contribution is -2.19. The zero-order chi connectivity index (χ0) is 18.3. The molecule has 0 saturated carbocycles. The molecular formula is C18H20ClF2N5O. The average molecular weight is 396 g/mol. The summed E-state index contributed by atoms with van der Waals surface area (Å²) < 4.78 is 33.8. The number of nitrogens with one attached hydrogen (secondary N) is 1. The third kappa shape index (κ3) is 4.17. The van der Waals surface area contributed by atoms with Gasteiger partial charge in [-0.2, -0.15) is 10.1 Å². The summed E-state index contributed by atoms with van der Waals surface area (Å²) in [5.74, 6) is -2.15. The molecule has 3 heterocycles. The van der Waals surface area contributed by atoms with Crippen LogP contribution in [0.15, 0.2) is 34.9 Å². The van der Waals surface area contributed by atoms with Gasteiger partial charge in [-0.1, -0.05) is 23.4 Å². The van der Waals surface area contributed by atoms with E-state index in [9.17, 15) is 8.78 Å². The number of aromatic nitrogens is 4. The Morgan fingerprint density at radius 3 is 2.78 bits per heavy atom. The van der Waals surface area contributed by atoms with Gasteiger partial charge in [-0.15, -0.1) is 12.4 Å². The maximum Gasteiger partial charge on any atom is 0.262 e. The predicted molar refractivity (Wildman–Crippen MR) is 98.1 cm³/mol. The summed E-state index contributed by atoms with van der Waals surface area (Å²) in [6.07, 6.45) is -0.327. The van der Waals surface area contributed by atoms with Crippen molar-refractivity contribution in [3.8, 4) is 11.4 Å². The van der Waals surface area contributed by atoms with Crippen molar-refractivity contribution in [2.75, 3.05) is 6.54 Å². The summed E-state index contributed by atoms with van der Waals surface area (Å²) in [5.41, 5.74) is 3.89. The lowest BCUT2D eigenvalue weighted by atomic mass is 10.1. The molecule has 1 atom stereocenters. The van der Waals surface area contributed by atoms with E-state index in [4.69, 9.17) is 4.52 Å². The molecule has 3 aromatic rings. The smallest absolute Gasteiger partial charge is 0.262 e. The highest BCUT2D eigenvalue weighted by atomic mass is 35.5. The highest BCUT2D eigenvalue weighted by molar-refractivity contribution is 5.85. The van der Waals surface area contributed by atoms with E-state index < -0.39 is 12.0 Å². The summed E-state index contributed by atoms with van der Waals surface area (Å²) in [6, 6.07) is 9.16. The van der Waals surface area contributed by atoms with Crippen LogP contribution in [-0.4, -0.2) is 32.4 Å². The Labute approximate surface area is 161 Å². The Bertz CT molecular complexity index is 939. The zero-order valence-electron chi connectivity index (χ0n) is 14.9. The largest absolute Gasteiger partial charge is 0.337 e. The lowest BCUT2D eigenvalue weighted by molar-refractivity contribution is 0.0200. The van der Waals surface area contributed by atoms with E-state index in [-0.39, 0.29) is 31.3 Å². The van der Waals surface area contributed by atoms with Crippen molar-refractivity contribution < 1.29 is 13.3 Å². The van der Waals surface area contributed by atoms with Gasteiger partial charge in [0.15, 0.2) is 0 Å². The molecule has 1 aliphatic heterocycles. The number of benzene rings is 1. The van der Waals surface area contributed by atoms with Crippen LogP contribution in [0, 0.1) is 13.8 Å². The van der Waals surface area contributed by atoms with Crippen LogP contribution in [-0.2, 0) is 6.54 Å². The molecule has 1 aliphatic rings. The van der Waals surface area contributed by atoms with E-state index in [2.05, 4.69) is 20.6 Å². The number of rotatable bonds is 4. The Morgan fingerprint density at radius 1 is 1.30 bits per heavy atom. The van der Waals surface area contributed by atoms with Crippen LogP contribution >= 0.6 is 12.4 Å². The molecule has 0 spiro atoms. The minimum Gasteiger partial charge on any atom is -0.337 e. The van der Waals surface area contributed by atoms with Crippen LogP contribution in [0.1, 0.15) is 35.3 Å². The maximum atomic E-state index is 13.3. The average Bonchev–Trinajstić information content (AvgIpc) is 3.27. The molecule has 0 bridgehead atoms. The first kappa shape index (κ1) is 19.4. The fourth-order valence-corrected chi connectivity index (χ4v) is 3.20. The molecule has 1 unspecified atom stereocenters. The van der Waals surface area contributed by atoms with Gasteiger partial charge in [0.1, 0.15) is 0 Å². The number of nitrogens with zero attached hydrogens (tertiary/aromatic N) is 4. The standard InChI is InChI=1S/C18H19F2N5O.ClH/c1-11-6-12(2)25(23-11)9-13-4-3-5-14(7-13)16-22-17(26-24-16)15-8-18(19,20)10-21-15;/h3-7,15,21H,8-10H2,1-2H3;1H. The van der Waals surface area contributed by atoms with Gasteiger partial charge in [0.2, 0.25) is 11.7 Å². The molecule has 9 heteroatoms. The first-order chi connectivity index (χ1) is 12.4. The molecule has 144 valence electrons. The van der Waals surface area contributed by atoms with E-state index in [1.165, 1.54) is 0 Å². The third-order valence-electron chi connectivity index (χ3n) is 4.47. The van der Waals surface area contributed by atoms with Crippen molar-refractivity contribution in [2.45, 2.75) is 38.8 Å². The first-order valence-corrected chi connectivity index (χ1v) is 8.45. The highest BCUT2D eigenvalue weighted by Crippen LogP contribution is 2.33. The molecule has 27 heavy (non-hydrogen) atoms. The number of hydrogen-bond donors (Lipinski definition) is 1. The molecule has 2 aromatic heterocycles. The van der Waals surface area contributed by atoms with Crippen LogP contribution in [0.5, 0.6) is 0 Å². The molecule has 1 N–H and O–H groups in total. The van der Waals surface area contributed by atoms with E-state index >= 15 is 0 Å². The topological polar surface area (TPSA) is 68.8 Å². The second kappa shape index (κ2) is 7.36. The number of aryl methyl sites for hydroxylation is 2. The summed E-state index contributed by atoms with van der Waals surface area (Å²) in [4.78, 5) is 4.30. The predicted octanol–water partition coefficient (Wildman–Crippen LogP) is 3.69. The Balaban J connectivity index is 0.00000210. The quantitative estimate of drug-likeness (QED) is 0.729.